The first-order chi connectivity index (χ1) is 13.9. The summed E-state index contributed by atoms with van der Waals surface area (Å²) in [4.78, 5) is 12.1. The number of carbonyl (C=O) groups excluding carboxylic acids is 1. The molecule has 30 heavy (non-hydrogen) atoms. The Morgan fingerprint density at radius 2 is 1.70 bits per heavy atom. The van der Waals surface area contributed by atoms with Crippen LogP contribution in [0.1, 0.15) is 12.5 Å². The highest BCUT2D eigenvalue weighted by molar-refractivity contribution is 7.89. The monoisotopic (exact) mass is 466 g/mol. The molecule has 1 atom stereocenters. The molecule has 0 saturated heterocycles. The Morgan fingerprint density at radius 3 is 2.27 bits per heavy atom. The van der Waals surface area contributed by atoms with Crippen molar-refractivity contribution in [3.8, 4) is 11.5 Å². The van der Waals surface area contributed by atoms with E-state index in [4.69, 9.17) is 21.1 Å². The van der Waals surface area contributed by atoms with Crippen LogP contribution in [0.3, 0.4) is 0 Å². The second-order valence-corrected chi connectivity index (χ2v) is 8.16. The molecule has 2 N–H and O–H groups in total. The van der Waals surface area contributed by atoms with Crippen LogP contribution in [0.2, 0.25) is 5.02 Å². The molecule has 0 fully saturated rings. The smallest absolute Gasteiger partial charge is 0.417 e. The van der Waals surface area contributed by atoms with E-state index < -0.39 is 38.7 Å². The number of sulfonamides is 1. The van der Waals surface area contributed by atoms with Gasteiger partial charge in [-0.15, -0.1) is 0 Å². The molecule has 2 rings (SSSR count). The number of ether oxygens (including phenoxy) is 2. The van der Waals surface area contributed by atoms with E-state index >= 15 is 0 Å². The Hall–Kier alpha value is -2.50. The van der Waals surface area contributed by atoms with Gasteiger partial charge in [-0.2, -0.15) is 17.9 Å². The number of carbonyl (C=O) groups is 1. The Bertz CT molecular complexity index is 1040. The Labute approximate surface area is 176 Å². The molecule has 1 amide bonds. The molecule has 0 aliphatic carbocycles. The van der Waals surface area contributed by atoms with Gasteiger partial charge < -0.3 is 14.8 Å². The number of anilines is 1. The van der Waals surface area contributed by atoms with Crippen LogP contribution < -0.4 is 19.5 Å². The number of methoxy groups -OCH3 is 2. The van der Waals surface area contributed by atoms with Crippen LogP contribution in [0.4, 0.5) is 18.9 Å². The van der Waals surface area contributed by atoms with E-state index in [2.05, 4.69) is 10.0 Å². The quantitative estimate of drug-likeness (QED) is 0.649. The molecule has 0 spiro atoms. The van der Waals surface area contributed by atoms with Crippen LogP contribution in [-0.2, 0) is 21.0 Å². The van der Waals surface area contributed by atoms with E-state index in [-0.39, 0.29) is 16.3 Å². The summed E-state index contributed by atoms with van der Waals surface area (Å²) in [6, 6.07) is 5.36. The zero-order valence-corrected chi connectivity index (χ0v) is 17.6. The van der Waals surface area contributed by atoms with Crippen LogP contribution >= 0.6 is 11.6 Å². The Morgan fingerprint density at radius 1 is 1.07 bits per heavy atom. The topological polar surface area (TPSA) is 93.7 Å². The number of hydrogen-bond donors (Lipinski definition) is 2. The fraction of sp³-hybridized carbons (Fsp3) is 0.278. The lowest BCUT2D eigenvalue weighted by Gasteiger charge is -2.16. The van der Waals surface area contributed by atoms with Crippen molar-refractivity contribution in [3.05, 3.63) is 47.0 Å². The molecule has 0 radical (unpaired) electrons. The third-order valence-electron chi connectivity index (χ3n) is 3.93. The summed E-state index contributed by atoms with van der Waals surface area (Å²) < 4.78 is 76.2. The lowest BCUT2D eigenvalue weighted by Crippen LogP contribution is -2.41. The molecule has 2 aromatic carbocycles. The fourth-order valence-corrected chi connectivity index (χ4v) is 3.85. The van der Waals surface area contributed by atoms with Crippen LogP contribution in [-0.4, -0.2) is 34.6 Å². The second kappa shape index (κ2) is 9.11. The SMILES string of the molecule is COc1ccc(S(=O)(=O)N[C@H](C)C(=O)Nc2ccc(Cl)c(C(F)(F)F)c2)cc1OC. The number of amides is 1. The summed E-state index contributed by atoms with van der Waals surface area (Å²) in [7, 11) is -1.42. The maximum absolute atomic E-state index is 12.9. The van der Waals surface area contributed by atoms with Crippen molar-refractivity contribution < 1.29 is 35.9 Å². The van der Waals surface area contributed by atoms with Gasteiger partial charge in [-0.3, -0.25) is 4.79 Å². The third kappa shape index (κ3) is 5.55. The van der Waals surface area contributed by atoms with E-state index in [0.29, 0.717) is 11.8 Å². The summed E-state index contributed by atoms with van der Waals surface area (Å²) in [5.74, 6) is -0.390. The molecule has 0 aromatic heterocycles. The minimum absolute atomic E-state index is 0.165. The van der Waals surface area contributed by atoms with Crippen molar-refractivity contribution in [3.63, 3.8) is 0 Å². The molecule has 0 aliphatic heterocycles. The molecular weight excluding hydrogens is 449 g/mol. The first kappa shape index (κ1) is 23.8. The Kier molecular flexibility index (Phi) is 7.22. The predicted octanol–water partition coefficient (Wildman–Crippen LogP) is 3.68. The van der Waals surface area contributed by atoms with Gasteiger partial charge in [0.2, 0.25) is 15.9 Å². The fourth-order valence-electron chi connectivity index (χ4n) is 2.41. The highest BCUT2D eigenvalue weighted by Gasteiger charge is 2.33. The minimum Gasteiger partial charge on any atom is -0.493 e. The van der Waals surface area contributed by atoms with Crippen LogP contribution in [0.15, 0.2) is 41.3 Å². The summed E-state index contributed by atoms with van der Waals surface area (Å²) in [6.45, 7) is 1.24. The van der Waals surface area contributed by atoms with E-state index in [1.807, 2.05) is 0 Å². The normalized spacial score (nSPS) is 12.9. The number of alkyl halides is 3. The van der Waals surface area contributed by atoms with Crippen LogP contribution in [0.25, 0.3) is 0 Å². The third-order valence-corrected chi connectivity index (χ3v) is 5.80. The first-order valence-corrected chi connectivity index (χ1v) is 10.2. The van der Waals surface area contributed by atoms with E-state index in [9.17, 15) is 26.4 Å². The molecule has 2 aromatic rings. The summed E-state index contributed by atoms with van der Waals surface area (Å²) in [5, 5.41) is 1.70. The van der Waals surface area contributed by atoms with Crippen LogP contribution in [0, 0.1) is 0 Å². The van der Waals surface area contributed by atoms with E-state index in [0.717, 1.165) is 6.07 Å². The molecule has 0 aliphatic rings. The van der Waals surface area contributed by atoms with Gasteiger partial charge in [0.05, 0.1) is 35.7 Å². The number of benzene rings is 2. The van der Waals surface area contributed by atoms with Gasteiger partial charge >= 0.3 is 6.18 Å². The van der Waals surface area contributed by atoms with Gasteiger partial charge in [0, 0.05) is 11.8 Å². The molecule has 0 heterocycles. The van der Waals surface area contributed by atoms with Crippen molar-refractivity contribution in [1.82, 2.24) is 4.72 Å². The summed E-state index contributed by atoms with van der Waals surface area (Å²) in [6.07, 6.45) is -4.71. The first-order valence-electron chi connectivity index (χ1n) is 8.31. The molecule has 0 bridgehead atoms. The van der Waals surface area contributed by atoms with Gasteiger partial charge in [0.15, 0.2) is 11.5 Å². The molecular formula is C18H18ClF3N2O5S. The average Bonchev–Trinajstić information content (AvgIpc) is 2.67. The van der Waals surface area contributed by atoms with Gasteiger partial charge in [0.25, 0.3) is 0 Å². The minimum atomic E-state index is -4.71. The van der Waals surface area contributed by atoms with Crippen molar-refractivity contribution >= 4 is 33.2 Å². The van der Waals surface area contributed by atoms with Gasteiger partial charge in [-0.05, 0) is 37.3 Å². The van der Waals surface area contributed by atoms with Gasteiger partial charge in [-0.1, -0.05) is 11.6 Å². The van der Waals surface area contributed by atoms with Gasteiger partial charge in [-0.25, -0.2) is 8.42 Å². The van der Waals surface area contributed by atoms with Crippen molar-refractivity contribution in [1.29, 1.82) is 0 Å². The second-order valence-electron chi connectivity index (χ2n) is 6.04. The Balaban J connectivity index is 2.17. The maximum atomic E-state index is 12.9. The van der Waals surface area contributed by atoms with Crippen molar-refractivity contribution in [2.45, 2.75) is 24.0 Å². The maximum Gasteiger partial charge on any atom is 0.417 e. The molecule has 7 nitrogen and oxygen atoms in total. The largest absolute Gasteiger partial charge is 0.493 e. The lowest BCUT2D eigenvalue weighted by atomic mass is 10.2. The van der Waals surface area contributed by atoms with E-state index in [1.54, 1.807) is 0 Å². The van der Waals surface area contributed by atoms with Gasteiger partial charge in [0.1, 0.15) is 0 Å². The predicted molar refractivity (Wildman–Crippen MR) is 104 cm³/mol. The van der Waals surface area contributed by atoms with Crippen molar-refractivity contribution in [2.24, 2.45) is 0 Å². The lowest BCUT2D eigenvalue weighted by molar-refractivity contribution is -0.137. The standard InChI is InChI=1S/C18H18ClF3N2O5S/c1-10(17(25)23-11-4-6-14(19)13(8-11)18(20,21)22)24-30(26,27)12-5-7-15(28-2)16(9-12)29-3/h4-10,24H,1-3H3,(H,23,25)/t10-/m1/s1. The number of nitrogens with one attached hydrogen (secondary N) is 2. The highest BCUT2D eigenvalue weighted by Crippen LogP contribution is 2.36. The van der Waals surface area contributed by atoms with Crippen molar-refractivity contribution in [2.75, 3.05) is 19.5 Å². The average molecular weight is 467 g/mol. The molecule has 0 unspecified atom stereocenters. The zero-order chi connectivity index (χ0) is 22.7. The molecule has 164 valence electrons. The number of hydrogen-bond acceptors (Lipinski definition) is 5. The number of halogens is 4. The molecule has 12 heteroatoms. The highest BCUT2D eigenvalue weighted by atomic mass is 35.5. The summed E-state index contributed by atoms with van der Waals surface area (Å²) in [5.41, 5.74) is -1.31. The zero-order valence-electron chi connectivity index (χ0n) is 16.0. The summed E-state index contributed by atoms with van der Waals surface area (Å²) >= 11 is 5.54. The van der Waals surface area contributed by atoms with E-state index in [1.165, 1.54) is 45.4 Å². The number of rotatable bonds is 7. The molecule has 0 saturated carbocycles. The van der Waals surface area contributed by atoms with Crippen LogP contribution in [0.5, 0.6) is 11.5 Å².